The van der Waals surface area contributed by atoms with Crippen LogP contribution < -0.4 is 4.81 Å². The zero-order chi connectivity index (χ0) is 16.2. The lowest BCUT2D eigenvalue weighted by molar-refractivity contribution is 0.574. The van der Waals surface area contributed by atoms with Gasteiger partial charge in [0.25, 0.3) is 0 Å². The Bertz CT molecular complexity index is 788. The first-order chi connectivity index (χ1) is 10.3. The highest BCUT2D eigenvalue weighted by Crippen LogP contribution is 2.49. The van der Waals surface area contributed by atoms with Crippen molar-refractivity contribution in [2.45, 2.75) is 13.2 Å². The van der Waals surface area contributed by atoms with Crippen LogP contribution in [-0.2, 0) is 6.42 Å². The number of aromatic nitrogens is 1. The summed E-state index contributed by atoms with van der Waals surface area (Å²) in [5.74, 6) is -0.549. The van der Waals surface area contributed by atoms with Gasteiger partial charge in [-0.15, -0.1) is 0 Å². The lowest BCUT2D eigenvalue weighted by Crippen LogP contribution is -2.33. The molecular weight excluding hydrogens is 393 g/mol. The molecule has 3 nitrogen and oxygen atoms in total. The summed E-state index contributed by atoms with van der Waals surface area (Å²) in [6.07, 6.45) is 2.11. The first-order valence-corrected chi connectivity index (χ1v) is 8.12. The second kappa shape index (κ2) is 5.67. The molecule has 0 saturated carbocycles. The number of benzene rings is 1. The third kappa shape index (κ3) is 2.33. The van der Waals surface area contributed by atoms with Crippen LogP contribution >= 0.6 is 39.1 Å². The van der Waals surface area contributed by atoms with E-state index in [1.165, 1.54) is 6.07 Å². The highest BCUT2D eigenvalue weighted by Gasteiger charge is 2.32. The quantitative estimate of drug-likeness (QED) is 0.644. The normalized spacial score (nSPS) is 12.1. The van der Waals surface area contributed by atoms with Crippen molar-refractivity contribution in [1.82, 2.24) is 4.98 Å². The van der Waals surface area contributed by atoms with Crippen LogP contribution in [0.2, 0.25) is 16.9 Å². The Hall–Kier alpha value is -0.815. The molecule has 1 aromatic carbocycles. The topological polar surface area (TPSA) is 36.4 Å². The molecule has 0 radical (unpaired) electrons. The molecule has 1 aromatic heterocycles. The molecule has 2 aromatic rings. The third-order valence-corrected chi connectivity index (χ3v) is 5.48. The van der Waals surface area contributed by atoms with E-state index in [4.69, 9.17) is 23.2 Å². The molecule has 1 aliphatic rings. The standard InChI is InChI=1S/C14H11BBrCl2FN2O/c1-15(22)21(2)10-4-8(19)14(18)11-6(10)3-9-12(11)13(17)7(16)5-20-9/h4-5,22H,3H2,1-2H3. The number of nitrogens with zero attached hydrogens (tertiary/aromatic N) is 2. The molecule has 8 heteroatoms. The van der Waals surface area contributed by atoms with Crippen LogP contribution in [0.25, 0.3) is 11.1 Å². The largest absolute Gasteiger partial charge is 0.432 e. The maximum Gasteiger partial charge on any atom is 0.409 e. The summed E-state index contributed by atoms with van der Waals surface area (Å²) in [7, 11) is 0.935. The molecule has 0 amide bonds. The summed E-state index contributed by atoms with van der Waals surface area (Å²) < 4.78 is 14.9. The van der Waals surface area contributed by atoms with Crippen LogP contribution in [0.5, 0.6) is 0 Å². The fourth-order valence-electron chi connectivity index (χ4n) is 2.66. The predicted octanol–water partition coefficient (Wildman–Crippen LogP) is 4.41. The van der Waals surface area contributed by atoms with Crippen molar-refractivity contribution in [3.05, 3.63) is 43.9 Å². The lowest BCUT2D eigenvalue weighted by atomic mass is 9.84. The summed E-state index contributed by atoms with van der Waals surface area (Å²) in [5, 5.41) is 10.3. The highest BCUT2D eigenvalue weighted by molar-refractivity contribution is 9.10. The second-order valence-electron chi connectivity index (χ2n) is 5.21. The van der Waals surface area contributed by atoms with E-state index in [-0.39, 0.29) is 5.02 Å². The number of fused-ring (bicyclic) bond motifs is 3. The Balaban J connectivity index is 2.33. The van der Waals surface area contributed by atoms with Crippen molar-refractivity contribution in [3.8, 4) is 11.1 Å². The molecule has 22 heavy (non-hydrogen) atoms. The van der Waals surface area contributed by atoms with Crippen LogP contribution in [-0.4, -0.2) is 24.1 Å². The molecule has 0 saturated heterocycles. The van der Waals surface area contributed by atoms with Crippen molar-refractivity contribution in [1.29, 1.82) is 0 Å². The summed E-state index contributed by atoms with van der Waals surface area (Å²) in [5.41, 5.74) is 3.35. The molecule has 114 valence electrons. The van der Waals surface area contributed by atoms with E-state index in [1.54, 1.807) is 24.9 Å². The molecule has 0 aliphatic heterocycles. The Morgan fingerprint density at radius 3 is 2.68 bits per heavy atom. The SMILES string of the molecule is CB(O)N(C)c1cc(F)c(Cl)c2c1Cc1ncc(Br)c(Cl)c1-2. The molecular formula is C14H11BBrCl2FN2O. The number of anilines is 1. The number of hydrogen-bond acceptors (Lipinski definition) is 3. The predicted molar refractivity (Wildman–Crippen MR) is 92.4 cm³/mol. The minimum atomic E-state index is -0.761. The van der Waals surface area contributed by atoms with Gasteiger partial charge in [0.05, 0.1) is 20.2 Å². The number of halogens is 4. The first kappa shape index (κ1) is 16.1. The maximum atomic E-state index is 14.3. The summed E-state index contributed by atoms with van der Waals surface area (Å²) in [4.78, 5) is 5.95. The number of hydrogen-bond donors (Lipinski definition) is 1. The second-order valence-corrected chi connectivity index (χ2v) is 6.82. The summed E-state index contributed by atoms with van der Waals surface area (Å²) in [6, 6.07) is 1.34. The molecule has 0 fully saturated rings. The van der Waals surface area contributed by atoms with Crippen molar-refractivity contribution in [3.63, 3.8) is 0 Å². The van der Waals surface area contributed by atoms with E-state index in [2.05, 4.69) is 20.9 Å². The van der Waals surface area contributed by atoms with Gasteiger partial charge in [0.15, 0.2) is 0 Å². The monoisotopic (exact) mass is 402 g/mol. The van der Waals surface area contributed by atoms with Gasteiger partial charge in [0.1, 0.15) is 5.82 Å². The maximum absolute atomic E-state index is 14.3. The fourth-order valence-corrected chi connectivity index (χ4v) is 3.48. The molecule has 0 unspecified atom stereocenters. The summed E-state index contributed by atoms with van der Waals surface area (Å²) in [6.45, 7) is 1.61. The van der Waals surface area contributed by atoms with Crippen LogP contribution in [0.1, 0.15) is 11.3 Å². The van der Waals surface area contributed by atoms with Crippen molar-refractivity contribution in [2.24, 2.45) is 0 Å². The van der Waals surface area contributed by atoms with E-state index in [1.807, 2.05) is 0 Å². The van der Waals surface area contributed by atoms with Gasteiger partial charge in [0, 0.05) is 29.4 Å². The van der Waals surface area contributed by atoms with Crippen LogP contribution in [0.4, 0.5) is 10.1 Å². The Kier molecular flexibility index (Phi) is 4.14. The zero-order valence-electron chi connectivity index (χ0n) is 11.8. The molecule has 0 bridgehead atoms. The van der Waals surface area contributed by atoms with Gasteiger partial charge in [-0.25, -0.2) is 4.39 Å². The third-order valence-electron chi connectivity index (χ3n) is 3.89. The van der Waals surface area contributed by atoms with Crippen LogP contribution in [0.3, 0.4) is 0 Å². The van der Waals surface area contributed by atoms with Gasteiger partial charge >= 0.3 is 7.05 Å². The number of rotatable bonds is 2. The van der Waals surface area contributed by atoms with Gasteiger partial charge in [-0.3, -0.25) is 4.98 Å². The van der Waals surface area contributed by atoms with Crippen molar-refractivity contribution >= 4 is 51.9 Å². The number of pyridine rings is 1. The Morgan fingerprint density at radius 1 is 1.36 bits per heavy atom. The van der Waals surface area contributed by atoms with Crippen LogP contribution in [0.15, 0.2) is 16.7 Å². The molecule has 0 atom stereocenters. The van der Waals surface area contributed by atoms with Crippen molar-refractivity contribution < 1.29 is 9.41 Å². The molecule has 1 heterocycles. The minimum Gasteiger partial charge on any atom is -0.432 e. The molecule has 3 rings (SSSR count). The average Bonchev–Trinajstić information content (AvgIpc) is 2.86. The Labute approximate surface area is 146 Å². The molecule has 1 aliphatic carbocycles. The molecule has 0 spiro atoms. The highest BCUT2D eigenvalue weighted by atomic mass is 79.9. The smallest absolute Gasteiger partial charge is 0.409 e. The van der Waals surface area contributed by atoms with Gasteiger partial charge in [-0.1, -0.05) is 23.2 Å². The fraction of sp³-hybridized carbons (Fsp3) is 0.214. The van der Waals surface area contributed by atoms with E-state index in [0.717, 1.165) is 11.3 Å². The van der Waals surface area contributed by atoms with E-state index >= 15 is 0 Å². The van der Waals surface area contributed by atoms with Crippen molar-refractivity contribution in [2.75, 3.05) is 11.9 Å². The lowest BCUT2D eigenvalue weighted by Gasteiger charge is -2.24. The van der Waals surface area contributed by atoms with Gasteiger partial charge in [-0.2, -0.15) is 0 Å². The van der Waals surface area contributed by atoms with E-state index in [9.17, 15) is 9.41 Å². The first-order valence-electron chi connectivity index (χ1n) is 6.58. The van der Waals surface area contributed by atoms with Crippen LogP contribution in [0, 0.1) is 5.82 Å². The van der Waals surface area contributed by atoms with Gasteiger partial charge in [-0.05, 0) is 41.4 Å². The average molecular weight is 404 g/mol. The van der Waals surface area contributed by atoms with E-state index < -0.39 is 12.9 Å². The minimum absolute atomic E-state index is 0.0262. The van der Waals surface area contributed by atoms with Gasteiger partial charge < -0.3 is 9.83 Å². The van der Waals surface area contributed by atoms with E-state index in [0.29, 0.717) is 32.7 Å². The molecule has 1 N–H and O–H groups in total. The Morgan fingerprint density at radius 2 is 2.05 bits per heavy atom. The summed E-state index contributed by atoms with van der Waals surface area (Å²) >= 11 is 15.9. The zero-order valence-corrected chi connectivity index (χ0v) is 14.9. The van der Waals surface area contributed by atoms with Gasteiger partial charge in [0.2, 0.25) is 0 Å².